The van der Waals surface area contributed by atoms with E-state index in [0.717, 1.165) is 10.9 Å². The molecule has 13 heavy (non-hydrogen) atoms. The van der Waals surface area contributed by atoms with Gasteiger partial charge in [-0.3, -0.25) is 0 Å². The molecule has 0 aliphatic heterocycles. The van der Waals surface area contributed by atoms with Crippen LogP contribution in [-0.4, -0.2) is 4.98 Å². The molecular weight excluding hydrogens is 165 g/mol. The molecule has 2 aromatic rings. The molecule has 1 aromatic carbocycles. The summed E-state index contributed by atoms with van der Waals surface area (Å²) in [4.78, 5) is 3.07. The number of H-pyrrole nitrogens is 1. The monoisotopic (exact) mass is 177 g/mol. The number of nitrogens with one attached hydrogen (secondary N) is 1. The van der Waals surface area contributed by atoms with E-state index in [4.69, 9.17) is 0 Å². The molecule has 0 amide bonds. The van der Waals surface area contributed by atoms with Crippen LogP contribution in [0.4, 0.5) is 4.39 Å². The lowest BCUT2D eigenvalue weighted by Crippen LogP contribution is -1.83. The molecule has 2 heteroatoms. The Balaban J connectivity index is 2.69. The quantitative estimate of drug-likeness (QED) is 0.686. The fourth-order valence-electron chi connectivity index (χ4n) is 1.60. The van der Waals surface area contributed by atoms with E-state index >= 15 is 0 Å². The predicted octanol–water partition coefficient (Wildman–Crippen LogP) is 3.43. The number of halogens is 1. The number of benzene rings is 1. The Bertz CT molecular complexity index is 429. The minimum atomic E-state index is -0.190. The summed E-state index contributed by atoms with van der Waals surface area (Å²) in [5.74, 6) is 0.281. The lowest BCUT2D eigenvalue weighted by molar-refractivity contribution is 0.629. The zero-order chi connectivity index (χ0) is 9.42. The summed E-state index contributed by atoms with van der Waals surface area (Å²) in [6.45, 7) is 4.26. The second-order valence-corrected chi connectivity index (χ2v) is 3.59. The summed E-state index contributed by atoms with van der Waals surface area (Å²) in [6.07, 6.45) is 1.95. The summed E-state index contributed by atoms with van der Waals surface area (Å²) >= 11 is 0. The van der Waals surface area contributed by atoms with Gasteiger partial charge in [-0.2, -0.15) is 0 Å². The van der Waals surface area contributed by atoms with Gasteiger partial charge in [-0.1, -0.05) is 13.8 Å². The first-order valence-corrected chi connectivity index (χ1v) is 4.45. The van der Waals surface area contributed by atoms with E-state index in [1.54, 1.807) is 0 Å². The molecule has 0 fully saturated rings. The van der Waals surface area contributed by atoms with Crippen molar-refractivity contribution in [1.29, 1.82) is 0 Å². The zero-order valence-corrected chi connectivity index (χ0v) is 7.76. The van der Waals surface area contributed by atoms with Gasteiger partial charge in [0.2, 0.25) is 0 Å². The third kappa shape index (κ3) is 1.32. The molecule has 0 bridgehead atoms. The zero-order valence-electron chi connectivity index (χ0n) is 7.76. The molecule has 0 radical (unpaired) electrons. The maximum atomic E-state index is 12.8. The maximum absolute atomic E-state index is 12.8. The molecule has 0 saturated heterocycles. The average Bonchev–Trinajstić information content (AvgIpc) is 2.46. The van der Waals surface area contributed by atoms with E-state index in [9.17, 15) is 4.39 Å². The van der Waals surface area contributed by atoms with Crippen LogP contribution in [0.25, 0.3) is 10.9 Å². The Morgan fingerprint density at radius 3 is 2.77 bits per heavy atom. The molecule has 0 saturated carbocycles. The van der Waals surface area contributed by atoms with Gasteiger partial charge in [0.15, 0.2) is 0 Å². The van der Waals surface area contributed by atoms with E-state index in [1.165, 1.54) is 17.7 Å². The van der Waals surface area contributed by atoms with Crippen LogP contribution in [0.15, 0.2) is 24.4 Å². The molecule has 0 spiro atoms. The van der Waals surface area contributed by atoms with Gasteiger partial charge in [0.1, 0.15) is 5.82 Å². The Kier molecular flexibility index (Phi) is 1.83. The first-order valence-electron chi connectivity index (χ1n) is 4.45. The second-order valence-electron chi connectivity index (χ2n) is 3.59. The second kappa shape index (κ2) is 2.87. The standard InChI is InChI=1S/C11H12FN/c1-7(2)10-6-13-11-5-8(12)3-4-9(10)11/h3-7,13H,1-2H3. The van der Waals surface area contributed by atoms with E-state index in [1.807, 2.05) is 12.3 Å². The van der Waals surface area contributed by atoms with Crippen molar-refractivity contribution in [3.63, 3.8) is 0 Å². The third-order valence-corrected chi connectivity index (χ3v) is 2.30. The van der Waals surface area contributed by atoms with Crippen LogP contribution in [0.2, 0.25) is 0 Å². The molecule has 0 aliphatic carbocycles. The van der Waals surface area contributed by atoms with Gasteiger partial charge in [0.25, 0.3) is 0 Å². The van der Waals surface area contributed by atoms with Gasteiger partial charge >= 0.3 is 0 Å². The van der Waals surface area contributed by atoms with Crippen molar-refractivity contribution in [2.24, 2.45) is 0 Å². The molecule has 1 N–H and O–H groups in total. The van der Waals surface area contributed by atoms with Crippen LogP contribution in [-0.2, 0) is 0 Å². The fourth-order valence-corrected chi connectivity index (χ4v) is 1.60. The fraction of sp³-hybridized carbons (Fsp3) is 0.273. The highest BCUT2D eigenvalue weighted by Crippen LogP contribution is 2.25. The van der Waals surface area contributed by atoms with Gasteiger partial charge < -0.3 is 4.98 Å². The largest absolute Gasteiger partial charge is 0.361 e. The average molecular weight is 177 g/mol. The van der Waals surface area contributed by atoms with Crippen molar-refractivity contribution >= 4 is 10.9 Å². The van der Waals surface area contributed by atoms with E-state index in [-0.39, 0.29) is 5.82 Å². The van der Waals surface area contributed by atoms with Crippen molar-refractivity contribution in [1.82, 2.24) is 4.98 Å². The van der Waals surface area contributed by atoms with E-state index in [2.05, 4.69) is 18.8 Å². The van der Waals surface area contributed by atoms with Crippen molar-refractivity contribution in [3.05, 3.63) is 35.8 Å². The molecule has 0 aliphatic rings. The van der Waals surface area contributed by atoms with Crippen LogP contribution in [0.1, 0.15) is 25.3 Å². The van der Waals surface area contributed by atoms with Gasteiger partial charge in [-0.05, 0) is 29.7 Å². The van der Waals surface area contributed by atoms with Crippen molar-refractivity contribution in [3.8, 4) is 0 Å². The number of hydrogen-bond donors (Lipinski definition) is 1. The molecule has 0 atom stereocenters. The highest BCUT2D eigenvalue weighted by Gasteiger charge is 2.06. The normalized spacial score (nSPS) is 11.4. The lowest BCUT2D eigenvalue weighted by atomic mass is 10.0. The summed E-state index contributed by atoms with van der Waals surface area (Å²) < 4.78 is 12.8. The van der Waals surface area contributed by atoms with E-state index in [0.29, 0.717) is 5.92 Å². The third-order valence-electron chi connectivity index (χ3n) is 2.30. The number of rotatable bonds is 1. The van der Waals surface area contributed by atoms with Gasteiger partial charge in [0, 0.05) is 17.1 Å². The summed E-state index contributed by atoms with van der Waals surface area (Å²) in [7, 11) is 0. The maximum Gasteiger partial charge on any atom is 0.125 e. The first kappa shape index (κ1) is 8.30. The topological polar surface area (TPSA) is 15.8 Å². The minimum absolute atomic E-state index is 0.190. The number of fused-ring (bicyclic) bond motifs is 1. The van der Waals surface area contributed by atoms with Crippen molar-refractivity contribution in [2.45, 2.75) is 19.8 Å². The smallest absolute Gasteiger partial charge is 0.125 e. The minimum Gasteiger partial charge on any atom is -0.361 e. The van der Waals surface area contributed by atoms with Crippen molar-refractivity contribution in [2.75, 3.05) is 0 Å². The molecular formula is C11H12FN. The molecule has 1 heterocycles. The van der Waals surface area contributed by atoms with Crippen LogP contribution in [0.3, 0.4) is 0 Å². The summed E-state index contributed by atoms with van der Waals surface area (Å²) in [5.41, 5.74) is 2.12. The molecule has 68 valence electrons. The Labute approximate surface area is 76.6 Å². The highest BCUT2D eigenvalue weighted by molar-refractivity contribution is 5.83. The lowest BCUT2D eigenvalue weighted by Gasteiger charge is -2.01. The van der Waals surface area contributed by atoms with Crippen LogP contribution >= 0.6 is 0 Å². The van der Waals surface area contributed by atoms with Gasteiger partial charge in [-0.25, -0.2) is 4.39 Å². The summed E-state index contributed by atoms with van der Waals surface area (Å²) in [5, 5.41) is 1.12. The van der Waals surface area contributed by atoms with Crippen LogP contribution in [0.5, 0.6) is 0 Å². The predicted molar refractivity (Wildman–Crippen MR) is 52.3 cm³/mol. The Hall–Kier alpha value is -1.31. The van der Waals surface area contributed by atoms with Crippen molar-refractivity contribution < 1.29 is 4.39 Å². The highest BCUT2D eigenvalue weighted by atomic mass is 19.1. The SMILES string of the molecule is CC(C)c1c[nH]c2cc(F)ccc12. The van der Waals surface area contributed by atoms with E-state index < -0.39 is 0 Å². The molecule has 1 nitrogen and oxygen atoms in total. The van der Waals surface area contributed by atoms with Crippen LogP contribution in [0, 0.1) is 5.82 Å². The number of aromatic amines is 1. The summed E-state index contributed by atoms with van der Waals surface area (Å²) in [6, 6.07) is 4.86. The molecule has 2 rings (SSSR count). The number of hydrogen-bond acceptors (Lipinski definition) is 0. The Morgan fingerprint density at radius 2 is 2.08 bits per heavy atom. The van der Waals surface area contributed by atoms with Gasteiger partial charge in [-0.15, -0.1) is 0 Å². The number of aromatic nitrogens is 1. The van der Waals surface area contributed by atoms with Crippen LogP contribution < -0.4 is 0 Å². The van der Waals surface area contributed by atoms with Gasteiger partial charge in [0.05, 0.1) is 0 Å². The Morgan fingerprint density at radius 1 is 1.31 bits per heavy atom. The molecule has 1 aromatic heterocycles. The molecule has 0 unspecified atom stereocenters. The first-order chi connectivity index (χ1) is 6.18.